The molecule has 1 aromatic heterocycles. The highest BCUT2D eigenvalue weighted by Gasteiger charge is 1.94. The van der Waals surface area contributed by atoms with E-state index < -0.39 is 0 Å². The van der Waals surface area contributed by atoms with Crippen LogP contribution in [-0.2, 0) is 6.42 Å². The molecule has 1 aromatic rings. The van der Waals surface area contributed by atoms with Gasteiger partial charge in [0.15, 0.2) is 0 Å². The molecule has 0 fully saturated rings. The van der Waals surface area contributed by atoms with Crippen molar-refractivity contribution in [3.05, 3.63) is 23.8 Å². The Bertz CT molecular complexity index is 230. The van der Waals surface area contributed by atoms with E-state index in [-0.39, 0.29) is 0 Å². The molecule has 0 unspecified atom stereocenters. The summed E-state index contributed by atoms with van der Waals surface area (Å²) in [7, 11) is 1.98. The van der Waals surface area contributed by atoms with Gasteiger partial charge in [-0.1, -0.05) is 0 Å². The molecule has 0 atom stereocenters. The van der Waals surface area contributed by atoms with E-state index in [1.165, 1.54) is 18.4 Å². The highest BCUT2D eigenvalue weighted by atomic mass is 14.8. The molecule has 0 aliphatic carbocycles. The molecule has 3 nitrogen and oxygen atoms in total. The van der Waals surface area contributed by atoms with Crippen molar-refractivity contribution in [1.29, 1.82) is 0 Å². The van der Waals surface area contributed by atoms with Crippen molar-refractivity contribution in [2.24, 2.45) is 0 Å². The summed E-state index contributed by atoms with van der Waals surface area (Å²) >= 11 is 0. The summed E-state index contributed by atoms with van der Waals surface area (Å²) in [5.74, 6) is 0.846. The molecule has 0 saturated heterocycles. The van der Waals surface area contributed by atoms with E-state index in [0.29, 0.717) is 0 Å². The zero-order chi connectivity index (χ0) is 9.52. The SMILES string of the molecule is CNCCCCc1cnc(C)nc1. The molecular formula is C10H17N3. The minimum atomic E-state index is 0.846. The van der Waals surface area contributed by atoms with Gasteiger partial charge in [0.2, 0.25) is 0 Å². The molecule has 1 heterocycles. The van der Waals surface area contributed by atoms with Gasteiger partial charge in [-0.3, -0.25) is 0 Å². The third-order valence-corrected chi connectivity index (χ3v) is 1.98. The Kier molecular flexibility index (Phi) is 4.40. The van der Waals surface area contributed by atoms with Crippen LogP contribution in [0.3, 0.4) is 0 Å². The van der Waals surface area contributed by atoms with Gasteiger partial charge in [-0.05, 0) is 45.3 Å². The van der Waals surface area contributed by atoms with E-state index in [2.05, 4.69) is 15.3 Å². The Morgan fingerprint density at radius 2 is 1.92 bits per heavy atom. The van der Waals surface area contributed by atoms with Gasteiger partial charge < -0.3 is 5.32 Å². The molecule has 0 bridgehead atoms. The Labute approximate surface area is 79.6 Å². The van der Waals surface area contributed by atoms with E-state index in [1.807, 2.05) is 26.4 Å². The molecule has 0 radical (unpaired) electrons. The van der Waals surface area contributed by atoms with E-state index in [4.69, 9.17) is 0 Å². The summed E-state index contributed by atoms with van der Waals surface area (Å²) in [4.78, 5) is 8.30. The molecule has 0 amide bonds. The third kappa shape index (κ3) is 3.99. The van der Waals surface area contributed by atoms with Gasteiger partial charge in [-0.2, -0.15) is 0 Å². The van der Waals surface area contributed by atoms with Crippen LogP contribution in [0.15, 0.2) is 12.4 Å². The van der Waals surface area contributed by atoms with Gasteiger partial charge in [0.1, 0.15) is 5.82 Å². The minimum absolute atomic E-state index is 0.846. The van der Waals surface area contributed by atoms with Gasteiger partial charge >= 0.3 is 0 Å². The lowest BCUT2D eigenvalue weighted by molar-refractivity contribution is 0.675. The fourth-order valence-corrected chi connectivity index (χ4v) is 1.18. The van der Waals surface area contributed by atoms with Crippen molar-refractivity contribution in [1.82, 2.24) is 15.3 Å². The molecule has 72 valence electrons. The Morgan fingerprint density at radius 3 is 2.54 bits per heavy atom. The largest absolute Gasteiger partial charge is 0.320 e. The molecule has 13 heavy (non-hydrogen) atoms. The summed E-state index contributed by atoms with van der Waals surface area (Å²) in [6.07, 6.45) is 7.34. The highest BCUT2D eigenvalue weighted by Crippen LogP contribution is 2.01. The average molecular weight is 179 g/mol. The Balaban J connectivity index is 2.25. The zero-order valence-corrected chi connectivity index (χ0v) is 8.38. The van der Waals surface area contributed by atoms with Crippen LogP contribution in [0.2, 0.25) is 0 Å². The highest BCUT2D eigenvalue weighted by molar-refractivity contribution is 5.04. The number of hydrogen-bond donors (Lipinski definition) is 1. The Hall–Kier alpha value is -0.960. The quantitative estimate of drug-likeness (QED) is 0.693. The van der Waals surface area contributed by atoms with E-state index in [1.54, 1.807) is 0 Å². The second-order valence-corrected chi connectivity index (χ2v) is 3.20. The van der Waals surface area contributed by atoms with Gasteiger partial charge in [-0.15, -0.1) is 0 Å². The number of rotatable bonds is 5. The second-order valence-electron chi connectivity index (χ2n) is 3.20. The number of aryl methyl sites for hydroxylation is 2. The number of nitrogens with zero attached hydrogens (tertiary/aromatic N) is 2. The molecule has 0 aromatic carbocycles. The summed E-state index contributed by atoms with van der Waals surface area (Å²) in [5.41, 5.74) is 1.24. The number of aromatic nitrogens is 2. The van der Waals surface area contributed by atoms with Gasteiger partial charge in [0, 0.05) is 12.4 Å². The minimum Gasteiger partial charge on any atom is -0.320 e. The molecule has 1 rings (SSSR count). The van der Waals surface area contributed by atoms with Crippen molar-refractivity contribution >= 4 is 0 Å². The average Bonchev–Trinajstić information content (AvgIpc) is 2.15. The van der Waals surface area contributed by atoms with Crippen molar-refractivity contribution in [2.75, 3.05) is 13.6 Å². The predicted molar refractivity (Wildman–Crippen MR) is 53.6 cm³/mol. The lowest BCUT2D eigenvalue weighted by atomic mass is 10.1. The second kappa shape index (κ2) is 5.65. The van der Waals surface area contributed by atoms with Crippen LogP contribution in [0.25, 0.3) is 0 Å². The molecule has 3 heteroatoms. The summed E-state index contributed by atoms with van der Waals surface area (Å²) in [5, 5.41) is 3.13. The van der Waals surface area contributed by atoms with Crippen molar-refractivity contribution in [2.45, 2.75) is 26.2 Å². The molecule has 0 aliphatic heterocycles. The topological polar surface area (TPSA) is 37.8 Å². The van der Waals surface area contributed by atoms with Crippen LogP contribution in [0.1, 0.15) is 24.2 Å². The lowest BCUT2D eigenvalue weighted by Crippen LogP contribution is -2.07. The lowest BCUT2D eigenvalue weighted by Gasteiger charge is -2.00. The van der Waals surface area contributed by atoms with Crippen LogP contribution in [0.5, 0.6) is 0 Å². The maximum absolute atomic E-state index is 4.15. The first kappa shape index (κ1) is 10.1. The number of nitrogens with one attached hydrogen (secondary N) is 1. The van der Waals surface area contributed by atoms with E-state index in [9.17, 15) is 0 Å². The van der Waals surface area contributed by atoms with Gasteiger partial charge in [0.25, 0.3) is 0 Å². The van der Waals surface area contributed by atoms with Crippen molar-refractivity contribution < 1.29 is 0 Å². The first-order chi connectivity index (χ1) is 6.33. The van der Waals surface area contributed by atoms with Crippen LogP contribution in [-0.4, -0.2) is 23.6 Å². The first-order valence-electron chi connectivity index (χ1n) is 4.75. The van der Waals surface area contributed by atoms with Crippen LogP contribution in [0, 0.1) is 6.92 Å². The smallest absolute Gasteiger partial charge is 0.125 e. The Morgan fingerprint density at radius 1 is 1.23 bits per heavy atom. The van der Waals surface area contributed by atoms with Crippen molar-refractivity contribution in [3.8, 4) is 0 Å². The molecule has 1 N–H and O–H groups in total. The van der Waals surface area contributed by atoms with E-state index >= 15 is 0 Å². The monoisotopic (exact) mass is 179 g/mol. The first-order valence-corrected chi connectivity index (χ1v) is 4.75. The number of unbranched alkanes of at least 4 members (excludes halogenated alkanes) is 1. The van der Waals surface area contributed by atoms with E-state index in [0.717, 1.165) is 18.8 Å². The standard InChI is InChI=1S/C10H17N3/c1-9-12-7-10(8-13-9)5-3-4-6-11-2/h7-8,11H,3-6H2,1-2H3. The van der Waals surface area contributed by atoms with Crippen LogP contribution >= 0.6 is 0 Å². The summed E-state index contributed by atoms with van der Waals surface area (Å²) in [6, 6.07) is 0. The number of hydrogen-bond acceptors (Lipinski definition) is 3. The predicted octanol–water partition coefficient (Wildman–Crippen LogP) is 1.33. The zero-order valence-electron chi connectivity index (χ0n) is 8.38. The molecular weight excluding hydrogens is 162 g/mol. The molecule has 0 spiro atoms. The normalized spacial score (nSPS) is 10.3. The summed E-state index contributed by atoms with van der Waals surface area (Å²) < 4.78 is 0. The fourth-order valence-electron chi connectivity index (χ4n) is 1.18. The maximum Gasteiger partial charge on any atom is 0.125 e. The van der Waals surface area contributed by atoms with Crippen LogP contribution < -0.4 is 5.32 Å². The van der Waals surface area contributed by atoms with Crippen molar-refractivity contribution in [3.63, 3.8) is 0 Å². The van der Waals surface area contributed by atoms with Crippen LogP contribution in [0.4, 0.5) is 0 Å². The summed E-state index contributed by atoms with van der Waals surface area (Å²) in [6.45, 7) is 3.00. The van der Waals surface area contributed by atoms with Gasteiger partial charge in [0.05, 0.1) is 0 Å². The molecule has 0 aliphatic rings. The fraction of sp³-hybridized carbons (Fsp3) is 0.600. The third-order valence-electron chi connectivity index (χ3n) is 1.98. The molecule has 0 saturated carbocycles. The van der Waals surface area contributed by atoms with Gasteiger partial charge in [-0.25, -0.2) is 9.97 Å². The maximum atomic E-state index is 4.15.